The lowest BCUT2D eigenvalue weighted by Gasteiger charge is -2.32. The van der Waals surface area contributed by atoms with E-state index in [4.69, 9.17) is 5.10 Å². The van der Waals surface area contributed by atoms with Crippen molar-refractivity contribution >= 4 is 0 Å². The van der Waals surface area contributed by atoms with E-state index < -0.39 is 0 Å². The number of hydrogen-bond acceptors (Lipinski definition) is 3. The van der Waals surface area contributed by atoms with E-state index in [0.29, 0.717) is 6.04 Å². The minimum atomic E-state index is 0.517. The molecule has 0 aliphatic carbocycles. The molecule has 0 amide bonds. The molecule has 1 aromatic rings. The maximum atomic E-state index is 4.76. The molecule has 120 valence electrons. The molecule has 2 heterocycles. The summed E-state index contributed by atoms with van der Waals surface area (Å²) in [7, 11) is 2.27. The molecule has 2 rings (SSSR count). The van der Waals surface area contributed by atoms with E-state index in [0.717, 1.165) is 19.1 Å². The number of nitrogens with zero attached hydrogens (tertiary/aromatic N) is 3. The Hall–Kier alpha value is -0.870. The summed E-state index contributed by atoms with van der Waals surface area (Å²) >= 11 is 0. The van der Waals surface area contributed by atoms with Crippen LogP contribution in [0.5, 0.6) is 0 Å². The Morgan fingerprint density at radius 3 is 2.71 bits per heavy atom. The first-order valence-electron chi connectivity index (χ1n) is 8.45. The van der Waals surface area contributed by atoms with Gasteiger partial charge in [0, 0.05) is 36.4 Å². The van der Waals surface area contributed by atoms with E-state index >= 15 is 0 Å². The van der Waals surface area contributed by atoms with Gasteiger partial charge >= 0.3 is 0 Å². The molecule has 4 nitrogen and oxygen atoms in total. The minimum Gasteiger partial charge on any atom is -0.310 e. The van der Waals surface area contributed by atoms with Gasteiger partial charge in [0.15, 0.2) is 0 Å². The number of nitrogens with one attached hydrogen (secondary N) is 1. The van der Waals surface area contributed by atoms with Crippen molar-refractivity contribution in [3.8, 4) is 0 Å². The van der Waals surface area contributed by atoms with Gasteiger partial charge in [-0.25, -0.2) is 0 Å². The highest BCUT2D eigenvalue weighted by atomic mass is 15.3. The summed E-state index contributed by atoms with van der Waals surface area (Å²) in [4.78, 5) is 2.52. The van der Waals surface area contributed by atoms with Crippen molar-refractivity contribution in [2.75, 3.05) is 13.6 Å². The van der Waals surface area contributed by atoms with Gasteiger partial charge in [-0.3, -0.25) is 4.68 Å². The molecule has 1 saturated heterocycles. The molecule has 0 saturated carbocycles. The lowest BCUT2D eigenvalue weighted by atomic mass is 10.0. The average Bonchev–Trinajstić information content (AvgIpc) is 2.70. The highest BCUT2D eigenvalue weighted by Crippen LogP contribution is 2.20. The predicted octanol–water partition coefficient (Wildman–Crippen LogP) is 2.87. The molecule has 0 radical (unpaired) electrons. The Bertz CT molecular complexity index is 450. The summed E-state index contributed by atoms with van der Waals surface area (Å²) in [6, 6.07) is 1.25. The molecule has 4 heteroatoms. The topological polar surface area (TPSA) is 33.1 Å². The second-order valence-electron chi connectivity index (χ2n) is 6.83. The van der Waals surface area contributed by atoms with Crippen molar-refractivity contribution in [1.29, 1.82) is 0 Å². The zero-order chi connectivity index (χ0) is 15.4. The van der Waals surface area contributed by atoms with E-state index in [-0.39, 0.29) is 0 Å². The van der Waals surface area contributed by atoms with Crippen molar-refractivity contribution in [3.63, 3.8) is 0 Å². The fraction of sp³-hybridized carbons (Fsp3) is 0.824. The van der Waals surface area contributed by atoms with Crippen LogP contribution in [0.15, 0.2) is 0 Å². The van der Waals surface area contributed by atoms with Gasteiger partial charge in [0.1, 0.15) is 0 Å². The smallest absolute Gasteiger partial charge is 0.0641 e. The number of aromatic nitrogens is 2. The monoisotopic (exact) mass is 292 g/mol. The first-order chi connectivity index (χ1) is 9.99. The van der Waals surface area contributed by atoms with E-state index in [9.17, 15) is 0 Å². The number of likely N-dealkylation sites (tertiary alicyclic amines) is 1. The van der Waals surface area contributed by atoms with Crippen LogP contribution in [0.2, 0.25) is 0 Å². The van der Waals surface area contributed by atoms with Crippen LogP contribution in [0.25, 0.3) is 0 Å². The average molecular weight is 292 g/mol. The normalized spacial score (nSPS) is 20.4. The molecule has 1 unspecified atom stereocenters. The molecule has 0 bridgehead atoms. The predicted molar refractivity (Wildman–Crippen MR) is 88.6 cm³/mol. The van der Waals surface area contributed by atoms with E-state index in [2.05, 4.69) is 49.6 Å². The molecule has 0 aromatic carbocycles. The third-order valence-electron chi connectivity index (χ3n) is 4.81. The molecule has 1 aliphatic rings. The Morgan fingerprint density at radius 1 is 1.29 bits per heavy atom. The van der Waals surface area contributed by atoms with Gasteiger partial charge in [-0.2, -0.15) is 5.10 Å². The lowest BCUT2D eigenvalue weighted by Crippen LogP contribution is -2.36. The van der Waals surface area contributed by atoms with E-state index in [1.54, 1.807) is 0 Å². The van der Waals surface area contributed by atoms with Crippen molar-refractivity contribution in [2.45, 2.75) is 78.6 Å². The highest BCUT2D eigenvalue weighted by Gasteiger charge is 2.19. The quantitative estimate of drug-likeness (QED) is 0.875. The van der Waals surface area contributed by atoms with Crippen molar-refractivity contribution in [2.24, 2.45) is 0 Å². The van der Waals surface area contributed by atoms with Crippen LogP contribution in [0.3, 0.4) is 0 Å². The first-order valence-corrected chi connectivity index (χ1v) is 8.45. The molecular weight excluding hydrogens is 260 g/mol. The maximum absolute atomic E-state index is 4.76. The molecule has 1 aliphatic heterocycles. The van der Waals surface area contributed by atoms with Crippen LogP contribution in [-0.2, 0) is 13.1 Å². The summed E-state index contributed by atoms with van der Waals surface area (Å²) in [5.41, 5.74) is 3.89. The number of aryl methyl sites for hydroxylation is 2. The second-order valence-corrected chi connectivity index (χ2v) is 6.83. The van der Waals surface area contributed by atoms with Crippen molar-refractivity contribution in [1.82, 2.24) is 20.0 Å². The third-order valence-corrected chi connectivity index (χ3v) is 4.81. The van der Waals surface area contributed by atoms with Crippen LogP contribution in [0.1, 0.15) is 56.5 Å². The Morgan fingerprint density at radius 2 is 2.05 bits per heavy atom. The van der Waals surface area contributed by atoms with Gasteiger partial charge in [0.05, 0.1) is 5.69 Å². The Kier molecular flexibility index (Phi) is 5.82. The highest BCUT2D eigenvalue weighted by molar-refractivity contribution is 5.24. The lowest BCUT2D eigenvalue weighted by molar-refractivity contribution is 0.169. The first kappa shape index (κ1) is 16.5. The van der Waals surface area contributed by atoms with Crippen LogP contribution in [-0.4, -0.2) is 40.4 Å². The summed E-state index contributed by atoms with van der Waals surface area (Å²) in [6.07, 6.45) is 5.31. The molecular formula is C17H32N4. The molecule has 0 spiro atoms. The van der Waals surface area contributed by atoms with Gasteiger partial charge in [0.25, 0.3) is 0 Å². The molecule has 1 atom stereocenters. The van der Waals surface area contributed by atoms with Crippen LogP contribution >= 0.6 is 0 Å². The SMILES string of the molecule is Cc1nn(CCC2CCCCN2C)c(C)c1CNC(C)C. The zero-order valence-corrected chi connectivity index (χ0v) is 14.4. The summed E-state index contributed by atoms with van der Waals surface area (Å²) in [6.45, 7) is 11.9. The van der Waals surface area contributed by atoms with E-state index in [1.165, 1.54) is 49.2 Å². The van der Waals surface area contributed by atoms with Gasteiger partial charge in [0.2, 0.25) is 0 Å². The summed E-state index contributed by atoms with van der Waals surface area (Å²) < 4.78 is 2.22. The zero-order valence-electron chi connectivity index (χ0n) is 14.4. The van der Waals surface area contributed by atoms with Gasteiger partial charge in [-0.15, -0.1) is 0 Å². The minimum absolute atomic E-state index is 0.517. The number of hydrogen-bond donors (Lipinski definition) is 1. The van der Waals surface area contributed by atoms with Gasteiger partial charge in [-0.05, 0) is 46.7 Å². The third kappa shape index (κ3) is 4.30. The Balaban J connectivity index is 1.95. The second kappa shape index (κ2) is 7.41. The molecule has 21 heavy (non-hydrogen) atoms. The van der Waals surface area contributed by atoms with Gasteiger partial charge < -0.3 is 10.2 Å². The Labute approximate surface area is 129 Å². The standard InChI is InChI=1S/C17H32N4/c1-13(2)18-12-17-14(3)19-21(15(17)4)11-9-16-8-6-7-10-20(16)5/h13,16,18H,6-12H2,1-5H3. The van der Waals surface area contributed by atoms with Crippen LogP contribution in [0.4, 0.5) is 0 Å². The van der Waals surface area contributed by atoms with Crippen LogP contribution < -0.4 is 5.32 Å². The number of rotatable bonds is 6. The molecule has 1 aromatic heterocycles. The van der Waals surface area contributed by atoms with Crippen molar-refractivity contribution < 1.29 is 0 Å². The molecule has 1 fully saturated rings. The van der Waals surface area contributed by atoms with Crippen LogP contribution in [0, 0.1) is 13.8 Å². The van der Waals surface area contributed by atoms with Crippen molar-refractivity contribution in [3.05, 3.63) is 17.0 Å². The number of piperidine rings is 1. The molecule has 1 N–H and O–H groups in total. The largest absolute Gasteiger partial charge is 0.310 e. The van der Waals surface area contributed by atoms with E-state index in [1.807, 2.05) is 0 Å². The fourth-order valence-electron chi connectivity index (χ4n) is 3.29. The summed E-state index contributed by atoms with van der Waals surface area (Å²) in [5.74, 6) is 0. The van der Waals surface area contributed by atoms with Gasteiger partial charge in [-0.1, -0.05) is 20.3 Å². The summed E-state index contributed by atoms with van der Waals surface area (Å²) in [5, 5.41) is 8.26. The fourth-order valence-corrected chi connectivity index (χ4v) is 3.29. The maximum Gasteiger partial charge on any atom is 0.0641 e.